The Balaban J connectivity index is 0.000000193. The van der Waals surface area contributed by atoms with Crippen LogP contribution in [-0.2, 0) is 26.7 Å². The summed E-state index contributed by atoms with van der Waals surface area (Å²) in [5.41, 5.74) is 12.8. The number of fused-ring (bicyclic) bond motifs is 7. The Hall–Kier alpha value is -4.83. The maximum Gasteiger partial charge on any atom is 3.00 e. The molecule has 0 atom stereocenters. The van der Waals surface area contributed by atoms with Crippen molar-refractivity contribution < 1.29 is 24.7 Å². The summed E-state index contributed by atoms with van der Waals surface area (Å²) in [4.78, 5) is 4.41. The van der Waals surface area contributed by atoms with E-state index >= 15 is 0 Å². The van der Waals surface area contributed by atoms with Crippen molar-refractivity contribution in [1.29, 1.82) is 0 Å². The smallest absolute Gasteiger partial charge is 0.342 e. The molecule has 0 aliphatic carbocycles. The molecule has 0 aliphatic heterocycles. The van der Waals surface area contributed by atoms with Crippen molar-refractivity contribution in [3.63, 3.8) is 0 Å². The van der Waals surface area contributed by atoms with Crippen molar-refractivity contribution in [2.45, 2.75) is 47.1 Å². The largest absolute Gasteiger partial charge is 3.00 e. The van der Waals surface area contributed by atoms with E-state index in [0.29, 0.717) is 0 Å². The molecule has 0 bridgehead atoms. The molecule has 0 amide bonds. The molecule has 236 valence electrons. The van der Waals surface area contributed by atoms with Gasteiger partial charge in [-0.1, -0.05) is 104 Å². The van der Waals surface area contributed by atoms with Crippen LogP contribution in [0.1, 0.15) is 36.5 Å². The number of pyridine rings is 1. The third-order valence-electron chi connectivity index (χ3n) is 9.35. The van der Waals surface area contributed by atoms with Gasteiger partial charge in [-0.3, -0.25) is 0 Å². The number of hydrogen-bond acceptors (Lipinski definition) is 1. The quantitative estimate of drug-likeness (QED) is 0.126. The number of benzene rings is 5. The monoisotopic (exact) mass is 801 g/mol. The Morgan fingerprint density at radius 2 is 1.50 bits per heavy atom. The molecule has 0 aliphatic rings. The van der Waals surface area contributed by atoms with Gasteiger partial charge in [0.05, 0.1) is 23.1 Å². The van der Waals surface area contributed by atoms with E-state index in [2.05, 4.69) is 162 Å². The number of para-hydroxylation sites is 4. The molecule has 0 radical (unpaired) electrons. The first-order chi connectivity index (χ1) is 23.0. The van der Waals surface area contributed by atoms with Crippen LogP contribution in [0.5, 0.6) is 0 Å². The van der Waals surface area contributed by atoms with Crippen LogP contribution >= 0.6 is 0 Å². The summed E-state index contributed by atoms with van der Waals surface area (Å²) < 4.78 is 6.80. The number of aryl methyl sites for hydroxylation is 4. The van der Waals surface area contributed by atoms with Crippen LogP contribution in [0, 0.1) is 39.2 Å². The molecular formula is C43H36IrN4+. The molecule has 4 aromatic heterocycles. The van der Waals surface area contributed by atoms with Gasteiger partial charge in [-0.15, -0.1) is 40.8 Å². The van der Waals surface area contributed by atoms with E-state index in [1.165, 1.54) is 61.2 Å². The number of unbranched alkanes of at least 4 members (excludes halogenated alkanes) is 1. The second kappa shape index (κ2) is 13.0. The van der Waals surface area contributed by atoms with E-state index in [9.17, 15) is 0 Å². The van der Waals surface area contributed by atoms with Crippen LogP contribution in [0.15, 0.2) is 109 Å². The van der Waals surface area contributed by atoms with Crippen LogP contribution in [0.2, 0.25) is 0 Å². The van der Waals surface area contributed by atoms with Crippen molar-refractivity contribution >= 4 is 49.1 Å². The van der Waals surface area contributed by atoms with E-state index in [-0.39, 0.29) is 20.1 Å². The zero-order chi connectivity index (χ0) is 32.1. The van der Waals surface area contributed by atoms with Crippen LogP contribution in [0.4, 0.5) is 0 Å². The molecule has 0 N–H and O–H groups in total. The second-order valence-electron chi connectivity index (χ2n) is 12.5. The molecule has 4 nitrogen and oxygen atoms in total. The van der Waals surface area contributed by atoms with Gasteiger partial charge < -0.3 is 18.5 Å². The van der Waals surface area contributed by atoms with E-state index < -0.39 is 0 Å². The van der Waals surface area contributed by atoms with Gasteiger partial charge in [-0.25, -0.2) is 0 Å². The maximum absolute atomic E-state index is 4.41. The number of rotatable bonds is 5. The Morgan fingerprint density at radius 1 is 0.750 bits per heavy atom. The first kappa shape index (κ1) is 31.8. The molecule has 0 saturated heterocycles. The Kier molecular flexibility index (Phi) is 8.59. The molecule has 0 fully saturated rings. The number of aromatic nitrogens is 4. The van der Waals surface area contributed by atoms with Gasteiger partial charge in [-0.05, 0) is 43.0 Å². The Labute approximate surface area is 295 Å². The van der Waals surface area contributed by atoms with Gasteiger partial charge in [0, 0.05) is 22.5 Å². The summed E-state index contributed by atoms with van der Waals surface area (Å²) in [6, 6.07) is 43.5. The van der Waals surface area contributed by atoms with Crippen molar-refractivity contribution in [1.82, 2.24) is 14.0 Å². The predicted molar refractivity (Wildman–Crippen MR) is 193 cm³/mol. The van der Waals surface area contributed by atoms with E-state index in [0.717, 1.165) is 40.9 Å². The molecule has 5 heteroatoms. The zero-order valence-electron chi connectivity index (χ0n) is 27.6. The SMILES string of the molecule is CCCC[n+]1[c-]n(-c2[c-]c3c(cc2)c2cccc4c5ccccc5n3c24)c2ccccc21.Cc1c[c-]c(-c2cc(C)c(C)cn2)cc1.[Ir+3]. The van der Waals surface area contributed by atoms with Crippen molar-refractivity contribution in [2.24, 2.45) is 0 Å². The minimum Gasteiger partial charge on any atom is -0.342 e. The summed E-state index contributed by atoms with van der Waals surface area (Å²) in [6.07, 6.45) is 7.83. The summed E-state index contributed by atoms with van der Waals surface area (Å²) in [5, 5.41) is 5.13. The normalized spacial score (nSPS) is 11.4. The standard InChI is InChI=1S/C29H22N3.C14H14N.Ir/c1-2-3-17-30-19-31(27-14-7-6-13-26(27)30)20-15-16-22-24-11-8-10-23-21-9-4-5-12-25(21)32(29(23)24)28(22)18-20;1-10-4-6-13(7-5-10)14-8-11(2)12(3)9-15-14;/h4-16H,2-3,17H2,1H3;4-6,8-9H,1-3H3;/q2*-1;+3. The summed E-state index contributed by atoms with van der Waals surface area (Å²) in [5.74, 6) is 0. The average molecular weight is 801 g/mol. The van der Waals surface area contributed by atoms with Crippen LogP contribution in [0.3, 0.4) is 0 Å². The topological polar surface area (TPSA) is 26.1 Å². The molecule has 0 saturated carbocycles. The molecule has 9 aromatic rings. The fraction of sp³-hybridized carbons (Fsp3) is 0.163. The third kappa shape index (κ3) is 5.38. The van der Waals surface area contributed by atoms with Gasteiger partial charge in [-0.2, -0.15) is 18.2 Å². The van der Waals surface area contributed by atoms with E-state index in [1.54, 1.807) is 0 Å². The first-order valence-electron chi connectivity index (χ1n) is 16.5. The molecular weight excluding hydrogens is 765 g/mol. The summed E-state index contributed by atoms with van der Waals surface area (Å²) in [6.45, 7) is 9.45. The van der Waals surface area contributed by atoms with Gasteiger partial charge in [0.2, 0.25) is 6.33 Å². The maximum atomic E-state index is 4.41. The van der Waals surface area contributed by atoms with Crippen molar-refractivity contribution in [2.75, 3.05) is 0 Å². The first-order valence-corrected chi connectivity index (χ1v) is 16.5. The summed E-state index contributed by atoms with van der Waals surface area (Å²) >= 11 is 0. The predicted octanol–water partition coefficient (Wildman–Crippen LogP) is 9.94. The minimum absolute atomic E-state index is 0. The van der Waals surface area contributed by atoms with Crippen molar-refractivity contribution in [3.8, 4) is 16.9 Å². The number of hydrogen-bond donors (Lipinski definition) is 0. The van der Waals surface area contributed by atoms with Gasteiger partial charge in [0.25, 0.3) is 0 Å². The van der Waals surface area contributed by atoms with E-state index in [4.69, 9.17) is 0 Å². The molecule has 5 aromatic carbocycles. The van der Waals surface area contributed by atoms with Gasteiger partial charge >= 0.3 is 20.1 Å². The average Bonchev–Trinajstić information content (AvgIpc) is 3.76. The van der Waals surface area contributed by atoms with Gasteiger partial charge in [0.1, 0.15) is 0 Å². The molecule has 48 heavy (non-hydrogen) atoms. The Bertz CT molecular complexity index is 2540. The number of nitrogens with zero attached hydrogens (tertiary/aromatic N) is 4. The van der Waals surface area contributed by atoms with Gasteiger partial charge in [0.15, 0.2) is 0 Å². The zero-order valence-corrected chi connectivity index (χ0v) is 30.0. The third-order valence-corrected chi connectivity index (χ3v) is 9.35. The van der Waals surface area contributed by atoms with E-state index in [1.807, 2.05) is 12.3 Å². The second-order valence-corrected chi connectivity index (χ2v) is 12.5. The minimum atomic E-state index is 0. The summed E-state index contributed by atoms with van der Waals surface area (Å²) in [7, 11) is 0. The number of imidazole rings is 1. The fourth-order valence-electron chi connectivity index (χ4n) is 6.68. The van der Waals surface area contributed by atoms with Crippen LogP contribution in [-0.4, -0.2) is 14.0 Å². The molecule has 4 heterocycles. The van der Waals surface area contributed by atoms with Crippen molar-refractivity contribution in [3.05, 3.63) is 144 Å². The van der Waals surface area contributed by atoms with Crippen LogP contribution in [0.25, 0.3) is 66.1 Å². The molecule has 0 unspecified atom stereocenters. The molecule has 0 spiro atoms. The molecule has 9 rings (SSSR count). The fourth-order valence-corrected chi connectivity index (χ4v) is 6.68. The van der Waals surface area contributed by atoms with Crippen LogP contribution < -0.4 is 4.57 Å². The Morgan fingerprint density at radius 3 is 2.27 bits per heavy atom.